The number of hydrogen-bond donors (Lipinski definition) is 1. The predicted molar refractivity (Wildman–Crippen MR) is 103 cm³/mol. The molecule has 0 bridgehead atoms. The molecule has 3 aromatic rings. The number of para-hydroxylation sites is 1. The zero-order valence-electron chi connectivity index (χ0n) is 14.7. The van der Waals surface area contributed by atoms with E-state index in [0.29, 0.717) is 40.8 Å². The number of imide groups is 1. The molecule has 0 aliphatic carbocycles. The molecule has 0 saturated heterocycles. The molecule has 1 heterocycles. The van der Waals surface area contributed by atoms with Crippen molar-refractivity contribution in [3.63, 3.8) is 0 Å². The van der Waals surface area contributed by atoms with Gasteiger partial charge in [0.2, 0.25) is 13.2 Å². The molecule has 28 heavy (non-hydrogen) atoms. The highest BCUT2D eigenvalue weighted by atomic mass is 16.7. The van der Waals surface area contributed by atoms with E-state index in [0.717, 1.165) is 4.90 Å². The Morgan fingerprint density at radius 3 is 2.54 bits per heavy atom. The molecule has 4 rings (SSSR count). The lowest BCUT2D eigenvalue weighted by molar-refractivity contribution is -0.106. The number of rotatable bonds is 5. The molecule has 0 atom stereocenters. The molecule has 1 N–H and O–H groups in total. The Kier molecular flexibility index (Phi) is 4.79. The van der Waals surface area contributed by atoms with Crippen LogP contribution in [-0.2, 0) is 4.79 Å². The van der Waals surface area contributed by atoms with Crippen LogP contribution in [0.25, 0.3) is 0 Å². The standard InChI is InChI=1S/C21H16N2O5/c24-13-23(21(25)22-15-9-10-19-20(11-15)27-14-26-19)16-5-4-8-18(12-16)28-17-6-2-1-3-7-17/h1-13H,14H2,(H,22,25). The van der Waals surface area contributed by atoms with Gasteiger partial charge in [0.05, 0.1) is 5.69 Å². The zero-order valence-corrected chi connectivity index (χ0v) is 14.7. The summed E-state index contributed by atoms with van der Waals surface area (Å²) in [5, 5.41) is 2.67. The van der Waals surface area contributed by atoms with Gasteiger partial charge in [-0.1, -0.05) is 24.3 Å². The molecule has 7 heteroatoms. The summed E-state index contributed by atoms with van der Waals surface area (Å²) in [5.41, 5.74) is 0.861. The second kappa shape index (κ2) is 7.71. The van der Waals surface area contributed by atoms with Gasteiger partial charge in [-0.2, -0.15) is 0 Å². The Hall–Kier alpha value is -4.00. The van der Waals surface area contributed by atoms with Gasteiger partial charge in [0.15, 0.2) is 11.5 Å². The van der Waals surface area contributed by atoms with Gasteiger partial charge in [0, 0.05) is 17.8 Å². The van der Waals surface area contributed by atoms with Crippen LogP contribution in [0.15, 0.2) is 72.8 Å². The van der Waals surface area contributed by atoms with Crippen molar-refractivity contribution in [1.29, 1.82) is 0 Å². The molecule has 1 aliphatic rings. The first-order chi connectivity index (χ1) is 13.7. The van der Waals surface area contributed by atoms with Crippen LogP contribution >= 0.6 is 0 Å². The van der Waals surface area contributed by atoms with Crippen molar-refractivity contribution in [2.45, 2.75) is 0 Å². The number of urea groups is 1. The molecular weight excluding hydrogens is 360 g/mol. The molecule has 0 saturated carbocycles. The Bertz CT molecular complexity index is 1010. The van der Waals surface area contributed by atoms with Gasteiger partial charge in [-0.15, -0.1) is 0 Å². The number of carbonyl (C=O) groups excluding carboxylic acids is 2. The van der Waals surface area contributed by atoms with Gasteiger partial charge in [-0.05, 0) is 36.4 Å². The number of fused-ring (bicyclic) bond motifs is 1. The highest BCUT2D eigenvalue weighted by molar-refractivity contribution is 6.12. The fourth-order valence-corrected chi connectivity index (χ4v) is 2.71. The van der Waals surface area contributed by atoms with E-state index < -0.39 is 6.03 Å². The van der Waals surface area contributed by atoms with E-state index in [2.05, 4.69) is 5.32 Å². The molecule has 1 aliphatic heterocycles. The summed E-state index contributed by atoms with van der Waals surface area (Å²) in [6, 6.07) is 20.3. The topological polar surface area (TPSA) is 77.1 Å². The summed E-state index contributed by atoms with van der Waals surface area (Å²) in [5.74, 6) is 2.30. The van der Waals surface area contributed by atoms with Crippen LogP contribution in [0.5, 0.6) is 23.0 Å². The second-order valence-electron chi connectivity index (χ2n) is 5.89. The van der Waals surface area contributed by atoms with Gasteiger partial charge in [-0.3, -0.25) is 4.79 Å². The zero-order chi connectivity index (χ0) is 19.3. The largest absolute Gasteiger partial charge is 0.457 e. The molecule has 0 spiro atoms. The Morgan fingerprint density at radius 1 is 0.929 bits per heavy atom. The Labute approximate surface area is 161 Å². The first kappa shape index (κ1) is 17.4. The van der Waals surface area contributed by atoms with Crippen molar-refractivity contribution in [2.75, 3.05) is 17.0 Å². The number of nitrogens with zero attached hydrogens (tertiary/aromatic N) is 1. The summed E-state index contributed by atoms with van der Waals surface area (Å²) in [7, 11) is 0. The van der Waals surface area contributed by atoms with Crippen molar-refractivity contribution in [3.8, 4) is 23.0 Å². The number of benzene rings is 3. The number of ether oxygens (including phenoxy) is 3. The third kappa shape index (κ3) is 3.73. The lowest BCUT2D eigenvalue weighted by Gasteiger charge is -2.17. The van der Waals surface area contributed by atoms with E-state index in [4.69, 9.17) is 14.2 Å². The van der Waals surface area contributed by atoms with Gasteiger partial charge in [0.25, 0.3) is 0 Å². The third-order valence-corrected chi connectivity index (χ3v) is 4.02. The van der Waals surface area contributed by atoms with E-state index in [9.17, 15) is 9.59 Å². The average molecular weight is 376 g/mol. The Balaban J connectivity index is 1.51. The fourth-order valence-electron chi connectivity index (χ4n) is 2.71. The molecule has 7 nitrogen and oxygen atoms in total. The average Bonchev–Trinajstić information content (AvgIpc) is 3.17. The summed E-state index contributed by atoms with van der Waals surface area (Å²) in [6.45, 7) is 0.140. The molecule has 3 amide bonds. The van der Waals surface area contributed by atoms with Crippen LogP contribution in [0, 0.1) is 0 Å². The maximum absolute atomic E-state index is 12.6. The minimum Gasteiger partial charge on any atom is -0.457 e. The van der Waals surface area contributed by atoms with Crippen LogP contribution in [0.4, 0.5) is 16.2 Å². The van der Waals surface area contributed by atoms with Gasteiger partial charge in [-0.25, -0.2) is 9.69 Å². The van der Waals surface area contributed by atoms with Gasteiger partial charge < -0.3 is 19.5 Å². The molecule has 0 aromatic heterocycles. The van der Waals surface area contributed by atoms with Crippen LogP contribution in [-0.4, -0.2) is 19.2 Å². The summed E-state index contributed by atoms with van der Waals surface area (Å²) >= 11 is 0. The highest BCUT2D eigenvalue weighted by Gasteiger charge is 2.18. The quantitative estimate of drug-likeness (QED) is 0.668. The van der Waals surface area contributed by atoms with Crippen molar-refractivity contribution < 1.29 is 23.8 Å². The van der Waals surface area contributed by atoms with E-state index in [1.165, 1.54) is 0 Å². The summed E-state index contributed by atoms with van der Waals surface area (Å²) in [6.07, 6.45) is 0.448. The minimum absolute atomic E-state index is 0.140. The van der Waals surface area contributed by atoms with Crippen molar-refractivity contribution >= 4 is 23.8 Å². The lowest BCUT2D eigenvalue weighted by Crippen LogP contribution is -2.33. The third-order valence-electron chi connectivity index (χ3n) is 4.02. The van der Waals surface area contributed by atoms with Crippen LogP contribution in [0.2, 0.25) is 0 Å². The van der Waals surface area contributed by atoms with Crippen LogP contribution in [0.1, 0.15) is 0 Å². The maximum atomic E-state index is 12.6. The van der Waals surface area contributed by atoms with Gasteiger partial charge >= 0.3 is 6.03 Å². The van der Waals surface area contributed by atoms with Crippen molar-refractivity contribution in [2.24, 2.45) is 0 Å². The summed E-state index contributed by atoms with van der Waals surface area (Å²) in [4.78, 5) is 25.1. The van der Waals surface area contributed by atoms with Crippen LogP contribution < -0.4 is 24.4 Å². The molecule has 0 radical (unpaired) electrons. The Morgan fingerprint density at radius 2 is 1.71 bits per heavy atom. The normalized spacial score (nSPS) is 11.6. The number of anilines is 2. The lowest BCUT2D eigenvalue weighted by atomic mass is 10.2. The monoisotopic (exact) mass is 376 g/mol. The maximum Gasteiger partial charge on any atom is 0.332 e. The fraction of sp³-hybridized carbons (Fsp3) is 0.0476. The second-order valence-corrected chi connectivity index (χ2v) is 5.89. The minimum atomic E-state index is -0.606. The van der Waals surface area contributed by atoms with E-state index in [1.807, 2.05) is 30.3 Å². The van der Waals surface area contributed by atoms with E-state index in [1.54, 1.807) is 42.5 Å². The van der Waals surface area contributed by atoms with Crippen LogP contribution in [0.3, 0.4) is 0 Å². The molecule has 3 aromatic carbocycles. The first-order valence-corrected chi connectivity index (χ1v) is 8.51. The predicted octanol–water partition coefficient (Wildman–Crippen LogP) is 4.40. The van der Waals surface area contributed by atoms with E-state index in [-0.39, 0.29) is 6.79 Å². The van der Waals surface area contributed by atoms with Gasteiger partial charge in [0.1, 0.15) is 11.5 Å². The summed E-state index contributed by atoms with van der Waals surface area (Å²) < 4.78 is 16.3. The number of hydrogen-bond acceptors (Lipinski definition) is 5. The number of carbonyl (C=O) groups is 2. The van der Waals surface area contributed by atoms with E-state index >= 15 is 0 Å². The highest BCUT2D eigenvalue weighted by Crippen LogP contribution is 2.34. The van der Waals surface area contributed by atoms with Crippen molar-refractivity contribution in [3.05, 3.63) is 72.8 Å². The molecule has 140 valence electrons. The molecular formula is C21H16N2O5. The molecule has 0 unspecified atom stereocenters. The first-order valence-electron chi connectivity index (χ1n) is 8.51. The SMILES string of the molecule is O=CN(C(=O)Nc1ccc2c(c1)OCO2)c1cccc(Oc2ccccc2)c1. The number of amides is 3. The molecule has 0 fully saturated rings. The van der Waals surface area contributed by atoms with Crippen molar-refractivity contribution in [1.82, 2.24) is 0 Å². The smallest absolute Gasteiger partial charge is 0.332 e. The number of nitrogens with one attached hydrogen (secondary N) is 1.